The summed E-state index contributed by atoms with van der Waals surface area (Å²) >= 11 is 5.74. The fraction of sp³-hybridized carbons (Fsp3) is 0.400. The van der Waals surface area contributed by atoms with Gasteiger partial charge in [0, 0.05) is 31.5 Å². The molecule has 0 atom stereocenters. The molecule has 0 aliphatic carbocycles. The van der Waals surface area contributed by atoms with Gasteiger partial charge in [0.15, 0.2) is 5.76 Å². The van der Waals surface area contributed by atoms with Gasteiger partial charge in [0.1, 0.15) is 5.58 Å². The van der Waals surface area contributed by atoms with Gasteiger partial charge in [-0.05, 0) is 25.1 Å². The molecule has 0 unspecified atom stereocenters. The molecule has 0 spiro atoms. The molecule has 0 saturated carbocycles. The third-order valence-electron chi connectivity index (χ3n) is 3.09. The second kappa shape index (κ2) is 6.77. The second-order valence-corrected chi connectivity index (χ2v) is 5.00. The van der Waals surface area contributed by atoms with Crippen LogP contribution >= 0.6 is 11.6 Å². The first kappa shape index (κ1) is 14.9. The standard InChI is InChI=1S/C15H18ClNO3/c1-11-3-4-13-12(9-11)10-14(20-13)15(18)17(6-5-16)7-8-19-2/h3-4,9-10H,5-8H2,1-2H3. The number of alkyl halides is 1. The van der Waals surface area contributed by atoms with Crippen LogP contribution in [0.1, 0.15) is 16.1 Å². The number of nitrogens with zero attached hydrogens (tertiary/aromatic N) is 1. The molecule has 1 aromatic carbocycles. The summed E-state index contributed by atoms with van der Waals surface area (Å²) in [6.45, 7) is 3.45. The van der Waals surface area contributed by atoms with Crippen LogP contribution in [-0.2, 0) is 4.74 Å². The summed E-state index contributed by atoms with van der Waals surface area (Å²) in [5, 5.41) is 0.936. The molecular weight excluding hydrogens is 278 g/mol. The summed E-state index contributed by atoms with van der Waals surface area (Å²) in [6, 6.07) is 7.61. The Hall–Kier alpha value is -1.52. The predicted octanol–water partition coefficient (Wildman–Crippen LogP) is 3.07. The van der Waals surface area contributed by atoms with Crippen molar-refractivity contribution in [3.8, 4) is 0 Å². The highest BCUT2D eigenvalue weighted by molar-refractivity contribution is 6.18. The van der Waals surface area contributed by atoms with Crippen molar-refractivity contribution in [1.29, 1.82) is 0 Å². The molecule has 2 rings (SSSR count). The Labute approximate surface area is 123 Å². The van der Waals surface area contributed by atoms with E-state index in [2.05, 4.69) is 0 Å². The maximum Gasteiger partial charge on any atom is 0.289 e. The minimum atomic E-state index is -0.156. The van der Waals surface area contributed by atoms with E-state index < -0.39 is 0 Å². The Morgan fingerprint density at radius 3 is 2.85 bits per heavy atom. The third kappa shape index (κ3) is 3.32. The Bertz CT molecular complexity index is 594. The highest BCUT2D eigenvalue weighted by Crippen LogP contribution is 2.21. The fourth-order valence-electron chi connectivity index (χ4n) is 2.04. The molecule has 108 valence electrons. The van der Waals surface area contributed by atoms with Gasteiger partial charge in [0.05, 0.1) is 6.61 Å². The topological polar surface area (TPSA) is 42.7 Å². The van der Waals surface area contributed by atoms with Crippen molar-refractivity contribution in [2.75, 3.05) is 32.7 Å². The molecule has 1 amide bonds. The molecule has 1 aromatic heterocycles. The highest BCUT2D eigenvalue weighted by atomic mass is 35.5. The molecule has 0 saturated heterocycles. The summed E-state index contributed by atoms with van der Waals surface area (Å²) in [6.07, 6.45) is 0. The molecule has 0 aliphatic heterocycles. The van der Waals surface area contributed by atoms with Gasteiger partial charge in [0.2, 0.25) is 0 Å². The normalized spacial score (nSPS) is 10.9. The molecule has 0 aliphatic rings. The number of methoxy groups -OCH3 is 1. The summed E-state index contributed by atoms with van der Waals surface area (Å²) in [5.41, 5.74) is 1.85. The number of benzene rings is 1. The first-order chi connectivity index (χ1) is 9.65. The van der Waals surface area contributed by atoms with Crippen molar-refractivity contribution in [3.05, 3.63) is 35.6 Å². The molecule has 1 heterocycles. The van der Waals surface area contributed by atoms with E-state index in [0.29, 0.717) is 31.3 Å². The molecule has 2 aromatic rings. The monoisotopic (exact) mass is 295 g/mol. The minimum absolute atomic E-state index is 0.156. The lowest BCUT2D eigenvalue weighted by atomic mass is 10.2. The first-order valence-electron chi connectivity index (χ1n) is 6.50. The summed E-state index contributed by atoms with van der Waals surface area (Å²) in [4.78, 5) is 14.1. The number of aryl methyl sites for hydroxylation is 1. The average Bonchev–Trinajstić information content (AvgIpc) is 2.85. The van der Waals surface area contributed by atoms with Crippen LogP contribution in [0.4, 0.5) is 0 Å². The number of carbonyl (C=O) groups is 1. The molecule has 0 bridgehead atoms. The average molecular weight is 296 g/mol. The predicted molar refractivity (Wildman–Crippen MR) is 79.5 cm³/mol. The van der Waals surface area contributed by atoms with Crippen molar-refractivity contribution in [3.63, 3.8) is 0 Å². The minimum Gasteiger partial charge on any atom is -0.451 e. The SMILES string of the molecule is COCCN(CCCl)C(=O)c1cc2cc(C)ccc2o1. The maximum atomic E-state index is 12.4. The number of ether oxygens (including phenoxy) is 1. The zero-order valence-electron chi connectivity index (χ0n) is 11.7. The second-order valence-electron chi connectivity index (χ2n) is 4.63. The van der Waals surface area contributed by atoms with Crippen LogP contribution in [0.5, 0.6) is 0 Å². The number of furan rings is 1. The van der Waals surface area contributed by atoms with Crippen molar-refractivity contribution < 1.29 is 13.9 Å². The van der Waals surface area contributed by atoms with Gasteiger partial charge in [-0.25, -0.2) is 0 Å². The zero-order chi connectivity index (χ0) is 14.5. The molecule has 4 nitrogen and oxygen atoms in total. The van der Waals surface area contributed by atoms with Crippen LogP contribution in [0.3, 0.4) is 0 Å². The number of hydrogen-bond acceptors (Lipinski definition) is 3. The van der Waals surface area contributed by atoms with Crippen molar-refractivity contribution >= 4 is 28.5 Å². The molecule has 0 N–H and O–H groups in total. The Morgan fingerprint density at radius 2 is 2.15 bits per heavy atom. The van der Waals surface area contributed by atoms with E-state index in [0.717, 1.165) is 16.5 Å². The van der Waals surface area contributed by atoms with Gasteiger partial charge < -0.3 is 14.1 Å². The van der Waals surface area contributed by atoms with Crippen molar-refractivity contribution in [2.45, 2.75) is 6.92 Å². The van der Waals surface area contributed by atoms with Crippen LogP contribution in [0.15, 0.2) is 28.7 Å². The Morgan fingerprint density at radius 1 is 1.35 bits per heavy atom. The van der Waals surface area contributed by atoms with Crippen LogP contribution in [0.2, 0.25) is 0 Å². The van der Waals surface area contributed by atoms with E-state index in [-0.39, 0.29) is 5.91 Å². The lowest BCUT2D eigenvalue weighted by Gasteiger charge is -2.19. The van der Waals surface area contributed by atoms with Crippen LogP contribution in [0, 0.1) is 6.92 Å². The van der Waals surface area contributed by atoms with Crippen LogP contribution in [0.25, 0.3) is 11.0 Å². The van der Waals surface area contributed by atoms with E-state index in [9.17, 15) is 4.79 Å². The molecule has 5 heteroatoms. The number of amides is 1. The molecule has 20 heavy (non-hydrogen) atoms. The summed E-state index contributed by atoms with van der Waals surface area (Å²) in [5.74, 6) is 0.567. The summed E-state index contributed by atoms with van der Waals surface area (Å²) in [7, 11) is 1.60. The van der Waals surface area contributed by atoms with E-state index in [1.807, 2.05) is 25.1 Å². The number of rotatable bonds is 6. The maximum absolute atomic E-state index is 12.4. The van der Waals surface area contributed by atoms with Crippen molar-refractivity contribution in [1.82, 2.24) is 4.90 Å². The first-order valence-corrected chi connectivity index (χ1v) is 7.03. The highest BCUT2D eigenvalue weighted by Gasteiger charge is 2.19. The van der Waals surface area contributed by atoms with Gasteiger partial charge in [-0.2, -0.15) is 0 Å². The van der Waals surface area contributed by atoms with Gasteiger partial charge in [-0.1, -0.05) is 11.6 Å². The number of hydrogen-bond donors (Lipinski definition) is 0. The quantitative estimate of drug-likeness (QED) is 0.769. The Balaban J connectivity index is 2.23. The fourth-order valence-corrected chi connectivity index (χ4v) is 2.25. The molecule has 0 fully saturated rings. The van der Waals surface area contributed by atoms with Crippen LogP contribution in [-0.4, -0.2) is 43.5 Å². The third-order valence-corrected chi connectivity index (χ3v) is 3.26. The van der Waals surface area contributed by atoms with Gasteiger partial charge in [-0.3, -0.25) is 4.79 Å². The number of halogens is 1. The van der Waals surface area contributed by atoms with E-state index >= 15 is 0 Å². The molecular formula is C15H18ClNO3. The zero-order valence-corrected chi connectivity index (χ0v) is 12.4. The number of fused-ring (bicyclic) bond motifs is 1. The molecule has 0 radical (unpaired) electrons. The smallest absolute Gasteiger partial charge is 0.289 e. The van der Waals surface area contributed by atoms with Gasteiger partial charge in [-0.15, -0.1) is 11.6 Å². The van der Waals surface area contributed by atoms with E-state index in [4.69, 9.17) is 20.8 Å². The number of carbonyl (C=O) groups excluding carboxylic acids is 1. The van der Waals surface area contributed by atoms with Crippen LogP contribution < -0.4 is 0 Å². The Kier molecular flexibility index (Phi) is 5.04. The van der Waals surface area contributed by atoms with Crippen molar-refractivity contribution in [2.24, 2.45) is 0 Å². The van der Waals surface area contributed by atoms with Gasteiger partial charge >= 0.3 is 0 Å². The van der Waals surface area contributed by atoms with E-state index in [1.54, 1.807) is 18.1 Å². The lowest BCUT2D eigenvalue weighted by Crippen LogP contribution is -2.35. The summed E-state index contributed by atoms with van der Waals surface area (Å²) < 4.78 is 10.6. The van der Waals surface area contributed by atoms with E-state index in [1.165, 1.54) is 0 Å². The lowest BCUT2D eigenvalue weighted by molar-refractivity contribution is 0.0679. The van der Waals surface area contributed by atoms with Gasteiger partial charge in [0.25, 0.3) is 5.91 Å². The largest absolute Gasteiger partial charge is 0.451 e.